The quantitative estimate of drug-likeness (QED) is 0.332. The molecule has 164 valence electrons. The SMILES string of the molecule is O=C1S/C(=C\c2ccc(-c3ccc(OC(F)(F)F)cc3)o2)C(=O)N1Cc1ccccc1F. The molecule has 0 spiro atoms. The smallest absolute Gasteiger partial charge is 0.457 e. The van der Waals surface area contributed by atoms with Crippen LogP contribution in [0.2, 0.25) is 0 Å². The van der Waals surface area contributed by atoms with Gasteiger partial charge in [-0.15, -0.1) is 13.2 Å². The maximum absolute atomic E-state index is 13.9. The molecule has 4 rings (SSSR count). The second kappa shape index (κ2) is 8.54. The summed E-state index contributed by atoms with van der Waals surface area (Å²) in [5.74, 6) is -0.836. The van der Waals surface area contributed by atoms with E-state index in [0.29, 0.717) is 23.1 Å². The highest BCUT2D eigenvalue weighted by atomic mass is 32.2. The fourth-order valence-corrected chi connectivity index (χ4v) is 3.79. The molecule has 0 radical (unpaired) electrons. The van der Waals surface area contributed by atoms with Crippen LogP contribution in [0.25, 0.3) is 17.4 Å². The van der Waals surface area contributed by atoms with Crippen LogP contribution < -0.4 is 4.74 Å². The van der Waals surface area contributed by atoms with Crippen molar-refractivity contribution in [2.75, 3.05) is 0 Å². The normalized spacial score (nSPS) is 15.6. The third kappa shape index (κ3) is 4.86. The van der Waals surface area contributed by atoms with E-state index in [1.165, 1.54) is 36.4 Å². The lowest BCUT2D eigenvalue weighted by Gasteiger charge is -2.12. The summed E-state index contributed by atoms with van der Waals surface area (Å²) in [7, 11) is 0. The fourth-order valence-electron chi connectivity index (χ4n) is 2.97. The lowest BCUT2D eigenvalue weighted by Crippen LogP contribution is -2.27. The highest BCUT2D eigenvalue weighted by Crippen LogP contribution is 2.35. The zero-order chi connectivity index (χ0) is 22.9. The number of thioether (sulfide) groups is 1. The van der Waals surface area contributed by atoms with Crippen LogP contribution in [0, 0.1) is 5.82 Å². The molecule has 2 aromatic carbocycles. The molecule has 0 atom stereocenters. The third-order valence-electron chi connectivity index (χ3n) is 4.43. The Morgan fingerprint density at radius 3 is 2.41 bits per heavy atom. The number of amides is 2. The zero-order valence-corrected chi connectivity index (χ0v) is 16.9. The number of alkyl halides is 3. The van der Waals surface area contributed by atoms with Gasteiger partial charge in [0.1, 0.15) is 23.1 Å². The van der Waals surface area contributed by atoms with Crippen molar-refractivity contribution < 1.29 is 36.3 Å². The van der Waals surface area contributed by atoms with Gasteiger partial charge < -0.3 is 9.15 Å². The van der Waals surface area contributed by atoms with Gasteiger partial charge in [0, 0.05) is 17.2 Å². The summed E-state index contributed by atoms with van der Waals surface area (Å²) < 4.78 is 60.1. The Hall–Kier alpha value is -3.53. The first-order chi connectivity index (χ1) is 15.2. The third-order valence-corrected chi connectivity index (χ3v) is 5.34. The molecule has 32 heavy (non-hydrogen) atoms. The summed E-state index contributed by atoms with van der Waals surface area (Å²) >= 11 is 0.707. The minimum Gasteiger partial charge on any atom is -0.457 e. The highest BCUT2D eigenvalue weighted by Gasteiger charge is 2.35. The van der Waals surface area contributed by atoms with Crippen LogP contribution in [-0.2, 0) is 11.3 Å². The van der Waals surface area contributed by atoms with Gasteiger partial charge in [0.25, 0.3) is 11.1 Å². The van der Waals surface area contributed by atoms with Gasteiger partial charge in [-0.2, -0.15) is 0 Å². The van der Waals surface area contributed by atoms with Crippen LogP contribution >= 0.6 is 11.8 Å². The first kappa shape index (κ1) is 21.7. The van der Waals surface area contributed by atoms with Crippen molar-refractivity contribution in [3.05, 3.63) is 82.7 Å². The summed E-state index contributed by atoms with van der Waals surface area (Å²) in [6, 6.07) is 14.1. The van der Waals surface area contributed by atoms with Gasteiger partial charge in [-0.1, -0.05) is 18.2 Å². The van der Waals surface area contributed by atoms with Gasteiger partial charge in [0.2, 0.25) is 0 Å². The number of furan rings is 1. The second-order valence-corrected chi connectivity index (χ2v) is 7.63. The molecule has 3 aromatic rings. The van der Waals surface area contributed by atoms with E-state index in [2.05, 4.69) is 4.74 Å². The maximum atomic E-state index is 13.9. The van der Waals surface area contributed by atoms with E-state index >= 15 is 0 Å². The van der Waals surface area contributed by atoms with Crippen molar-refractivity contribution in [2.45, 2.75) is 12.9 Å². The molecule has 0 saturated carbocycles. The average Bonchev–Trinajstić information content (AvgIpc) is 3.29. The van der Waals surface area contributed by atoms with E-state index < -0.39 is 23.3 Å². The molecule has 2 heterocycles. The van der Waals surface area contributed by atoms with Crippen LogP contribution in [0.3, 0.4) is 0 Å². The van der Waals surface area contributed by atoms with E-state index in [0.717, 1.165) is 17.0 Å². The van der Waals surface area contributed by atoms with Gasteiger partial charge in [0.05, 0.1) is 11.4 Å². The minimum atomic E-state index is -4.78. The molecule has 0 aliphatic carbocycles. The second-order valence-electron chi connectivity index (χ2n) is 6.63. The van der Waals surface area contributed by atoms with Crippen molar-refractivity contribution in [1.82, 2.24) is 4.90 Å². The van der Waals surface area contributed by atoms with Crippen LogP contribution in [0.4, 0.5) is 22.4 Å². The summed E-state index contributed by atoms with van der Waals surface area (Å²) in [5, 5.41) is -0.531. The largest absolute Gasteiger partial charge is 0.573 e. The molecule has 0 N–H and O–H groups in total. The molecule has 1 aliphatic rings. The molecule has 2 amide bonds. The van der Waals surface area contributed by atoms with Crippen molar-refractivity contribution in [1.29, 1.82) is 0 Å². The van der Waals surface area contributed by atoms with E-state index in [9.17, 15) is 27.2 Å². The Bertz CT molecular complexity index is 1200. The van der Waals surface area contributed by atoms with Crippen molar-refractivity contribution in [2.24, 2.45) is 0 Å². The Kier molecular flexibility index (Phi) is 5.79. The average molecular weight is 463 g/mol. The van der Waals surface area contributed by atoms with Crippen molar-refractivity contribution in [3.63, 3.8) is 0 Å². The summed E-state index contributed by atoms with van der Waals surface area (Å²) in [5.41, 5.74) is 0.709. The zero-order valence-electron chi connectivity index (χ0n) is 16.1. The van der Waals surface area contributed by atoms with Crippen molar-refractivity contribution in [3.8, 4) is 17.1 Å². The number of carbonyl (C=O) groups excluding carboxylic acids is 2. The molecule has 1 aliphatic heterocycles. The van der Waals surface area contributed by atoms with Crippen LogP contribution in [-0.4, -0.2) is 22.4 Å². The van der Waals surface area contributed by atoms with E-state index in [1.807, 2.05) is 0 Å². The van der Waals surface area contributed by atoms with Crippen LogP contribution in [0.5, 0.6) is 5.75 Å². The highest BCUT2D eigenvalue weighted by molar-refractivity contribution is 8.18. The van der Waals surface area contributed by atoms with Gasteiger partial charge in [0.15, 0.2) is 0 Å². The molecule has 5 nitrogen and oxygen atoms in total. The van der Waals surface area contributed by atoms with E-state index in [4.69, 9.17) is 4.42 Å². The lowest BCUT2D eigenvalue weighted by atomic mass is 10.2. The Morgan fingerprint density at radius 2 is 1.72 bits per heavy atom. The molecular weight excluding hydrogens is 450 g/mol. The minimum absolute atomic E-state index is 0.112. The number of carbonyl (C=O) groups is 2. The number of hydrogen-bond donors (Lipinski definition) is 0. The van der Waals surface area contributed by atoms with Crippen LogP contribution in [0.15, 0.2) is 70.0 Å². The molecule has 0 bridgehead atoms. The number of halogens is 4. The molecular formula is C22H13F4NO4S. The van der Waals surface area contributed by atoms with Crippen molar-refractivity contribution >= 4 is 29.0 Å². The van der Waals surface area contributed by atoms with E-state index in [1.54, 1.807) is 18.2 Å². The Morgan fingerprint density at radius 1 is 1.00 bits per heavy atom. The number of rotatable bonds is 5. The topological polar surface area (TPSA) is 59.8 Å². The molecule has 0 unspecified atom stereocenters. The summed E-state index contributed by atoms with van der Waals surface area (Å²) in [4.78, 5) is 25.9. The Labute approximate surface area is 183 Å². The summed E-state index contributed by atoms with van der Waals surface area (Å²) in [6.45, 7) is -0.190. The first-order valence-corrected chi connectivity index (χ1v) is 9.96. The predicted molar refractivity (Wildman–Crippen MR) is 109 cm³/mol. The Balaban J connectivity index is 1.49. The fraction of sp³-hybridized carbons (Fsp3) is 0.0909. The molecule has 10 heteroatoms. The monoisotopic (exact) mass is 463 g/mol. The predicted octanol–water partition coefficient (Wildman–Crippen LogP) is 6.22. The standard InChI is InChI=1S/C22H13F4NO4S/c23-17-4-2-1-3-14(17)12-27-20(28)19(32-21(27)29)11-16-9-10-18(30-16)13-5-7-15(8-6-13)31-22(24,25)26/h1-11H,12H2/b19-11-. The number of benzene rings is 2. The van der Waals surface area contributed by atoms with Gasteiger partial charge in [-0.05, 0) is 54.2 Å². The maximum Gasteiger partial charge on any atom is 0.573 e. The number of imide groups is 1. The number of nitrogens with zero attached hydrogens (tertiary/aromatic N) is 1. The molecule has 1 fully saturated rings. The van der Waals surface area contributed by atoms with E-state index in [-0.39, 0.29) is 28.5 Å². The molecule has 1 saturated heterocycles. The summed E-state index contributed by atoms with van der Waals surface area (Å²) in [6.07, 6.45) is -3.40. The van der Waals surface area contributed by atoms with Gasteiger partial charge >= 0.3 is 6.36 Å². The first-order valence-electron chi connectivity index (χ1n) is 9.14. The number of hydrogen-bond acceptors (Lipinski definition) is 5. The van der Waals surface area contributed by atoms with Gasteiger partial charge in [-0.25, -0.2) is 4.39 Å². The number of ether oxygens (including phenoxy) is 1. The van der Waals surface area contributed by atoms with Crippen LogP contribution in [0.1, 0.15) is 11.3 Å². The lowest BCUT2D eigenvalue weighted by molar-refractivity contribution is -0.274. The molecule has 1 aromatic heterocycles. The van der Waals surface area contributed by atoms with Gasteiger partial charge in [-0.3, -0.25) is 14.5 Å².